The lowest BCUT2D eigenvalue weighted by Crippen LogP contribution is -2.29. The fourth-order valence-corrected chi connectivity index (χ4v) is 4.69. The van der Waals surface area contributed by atoms with Crippen LogP contribution in [0.3, 0.4) is 0 Å². The quantitative estimate of drug-likeness (QED) is 0.419. The van der Waals surface area contributed by atoms with Gasteiger partial charge in [-0.3, -0.25) is 9.36 Å². The molecule has 0 unspecified atom stereocenters. The van der Waals surface area contributed by atoms with Gasteiger partial charge in [0.25, 0.3) is 0 Å². The molecule has 4 rings (SSSR count). The summed E-state index contributed by atoms with van der Waals surface area (Å²) in [6, 6.07) is 3.65. The largest absolute Gasteiger partial charge is 0.381 e. The van der Waals surface area contributed by atoms with Gasteiger partial charge in [-0.15, -0.1) is 0 Å². The van der Waals surface area contributed by atoms with Crippen molar-refractivity contribution in [2.75, 3.05) is 23.8 Å². The minimum Gasteiger partial charge on any atom is -0.381 e. The fraction of sp³-hybridized carbons (Fsp3) is 0.500. The highest BCUT2D eigenvalue weighted by molar-refractivity contribution is 5.96. The first kappa shape index (κ1) is 24.8. The van der Waals surface area contributed by atoms with Crippen LogP contribution in [0, 0.1) is 24.5 Å². The summed E-state index contributed by atoms with van der Waals surface area (Å²) in [5, 5.41) is 6.08. The van der Waals surface area contributed by atoms with Crippen molar-refractivity contribution in [3.63, 3.8) is 0 Å². The van der Waals surface area contributed by atoms with Crippen LogP contribution in [0.1, 0.15) is 50.3 Å². The lowest BCUT2D eigenvalue weighted by atomic mass is 9.85. The van der Waals surface area contributed by atoms with E-state index in [-0.39, 0.29) is 35.5 Å². The SMILES string of the molecule is C=NC(=NC1CCOCC1)Nc1c(C)nc(Nc2c(F)cccc2F)n1C1CCC(C(N)=O)CC1. The second-order valence-electron chi connectivity index (χ2n) is 8.95. The molecule has 35 heavy (non-hydrogen) atoms. The van der Waals surface area contributed by atoms with Crippen molar-refractivity contribution in [1.82, 2.24) is 9.55 Å². The molecular weight excluding hydrogens is 456 g/mol. The summed E-state index contributed by atoms with van der Waals surface area (Å²) in [4.78, 5) is 25.0. The van der Waals surface area contributed by atoms with E-state index in [4.69, 9.17) is 10.5 Å². The smallest absolute Gasteiger partial charge is 0.223 e. The summed E-state index contributed by atoms with van der Waals surface area (Å²) in [5.41, 5.74) is 5.83. The number of nitrogens with zero attached hydrogens (tertiary/aromatic N) is 4. The van der Waals surface area contributed by atoms with Crippen molar-refractivity contribution in [3.8, 4) is 0 Å². The number of halogens is 2. The van der Waals surface area contributed by atoms with Crippen LogP contribution in [-0.4, -0.2) is 47.4 Å². The van der Waals surface area contributed by atoms with Gasteiger partial charge in [0, 0.05) is 25.2 Å². The van der Waals surface area contributed by atoms with Crippen molar-refractivity contribution >= 4 is 36.0 Å². The van der Waals surface area contributed by atoms with Gasteiger partial charge in [-0.1, -0.05) is 6.07 Å². The van der Waals surface area contributed by atoms with E-state index < -0.39 is 11.6 Å². The van der Waals surface area contributed by atoms with Crippen LogP contribution in [0.4, 0.5) is 26.2 Å². The van der Waals surface area contributed by atoms with Crippen LogP contribution in [0.25, 0.3) is 0 Å². The summed E-state index contributed by atoms with van der Waals surface area (Å²) in [6.45, 7) is 6.73. The third kappa shape index (κ3) is 5.67. The monoisotopic (exact) mass is 487 g/mol. The molecule has 1 aliphatic carbocycles. The third-order valence-corrected chi connectivity index (χ3v) is 6.62. The fourth-order valence-electron chi connectivity index (χ4n) is 4.69. The third-order valence-electron chi connectivity index (χ3n) is 6.62. The second kappa shape index (κ2) is 10.9. The summed E-state index contributed by atoms with van der Waals surface area (Å²) >= 11 is 0. The topological polar surface area (TPSA) is 119 Å². The van der Waals surface area contributed by atoms with Gasteiger partial charge in [0.15, 0.2) is 0 Å². The Morgan fingerprint density at radius 2 is 1.83 bits per heavy atom. The van der Waals surface area contributed by atoms with Gasteiger partial charge in [0.05, 0.1) is 11.7 Å². The van der Waals surface area contributed by atoms with E-state index in [1.54, 1.807) is 6.92 Å². The maximum Gasteiger partial charge on any atom is 0.223 e. The van der Waals surface area contributed by atoms with E-state index in [1.165, 1.54) is 18.2 Å². The van der Waals surface area contributed by atoms with E-state index in [1.807, 2.05) is 4.57 Å². The average Bonchev–Trinajstić information content (AvgIpc) is 3.16. The number of nitrogens with one attached hydrogen (secondary N) is 2. The number of aryl methyl sites for hydroxylation is 1. The van der Waals surface area contributed by atoms with Gasteiger partial charge in [-0.25, -0.2) is 23.7 Å². The Labute approximate surface area is 202 Å². The van der Waals surface area contributed by atoms with Gasteiger partial charge >= 0.3 is 0 Å². The Balaban J connectivity index is 1.69. The second-order valence-corrected chi connectivity index (χ2v) is 8.95. The Kier molecular flexibility index (Phi) is 7.74. The van der Waals surface area contributed by atoms with E-state index in [0.717, 1.165) is 12.8 Å². The molecule has 1 saturated carbocycles. The average molecular weight is 488 g/mol. The van der Waals surface area contributed by atoms with Crippen molar-refractivity contribution in [2.45, 2.75) is 57.5 Å². The number of para-hydroxylation sites is 1. The number of hydrogen-bond donors (Lipinski definition) is 3. The molecule has 0 atom stereocenters. The van der Waals surface area contributed by atoms with E-state index in [2.05, 4.69) is 32.3 Å². The molecule has 2 aliphatic rings. The molecule has 4 N–H and O–H groups in total. The minimum atomic E-state index is -0.723. The Morgan fingerprint density at radius 3 is 2.43 bits per heavy atom. The van der Waals surface area contributed by atoms with Crippen LogP contribution >= 0.6 is 0 Å². The number of carbonyl (C=O) groups is 1. The normalized spacial score (nSPS) is 21.5. The van der Waals surface area contributed by atoms with Gasteiger partial charge in [-0.2, -0.15) is 0 Å². The Bertz CT molecular complexity index is 1080. The molecule has 11 heteroatoms. The molecule has 1 aliphatic heterocycles. The number of hydrogen-bond acceptors (Lipinski definition) is 5. The van der Waals surface area contributed by atoms with Crippen LogP contribution in [-0.2, 0) is 9.53 Å². The number of benzene rings is 1. The first-order chi connectivity index (χ1) is 16.9. The lowest BCUT2D eigenvalue weighted by molar-refractivity contribution is -0.122. The van der Waals surface area contributed by atoms with Crippen LogP contribution in [0.5, 0.6) is 0 Å². The molecule has 188 valence electrons. The van der Waals surface area contributed by atoms with Gasteiger partial charge < -0.3 is 21.1 Å². The standard InChI is InChI=1S/C24H31F2N7O2/c1-14-22(32-23(28-2)30-16-10-12-35-13-11-16)33(17-8-6-15(7-9-17)21(27)34)24(29-14)31-20-18(25)4-3-5-19(20)26/h3-5,15-17H,2,6-13H2,1H3,(H2,27,34)(H,29,31)(H,30,32). The highest BCUT2D eigenvalue weighted by atomic mass is 19.1. The van der Waals surface area contributed by atoms with Gasteiger partial charge in [0.2, 0.25) is 17.8 Å². The molecule has 0 radical (unpaired) electrons. The predicted octanol–water partition coefficient (Wildman–Crippen LogP) is 4.08. The molecule has 2 aromatic rings. The lowest BCUT2D eigenvalue weighted by Gasteiger charge is -2.30. The van der Waals surface area contributed by atoms with Crippen LogP contribution in [0.15, 0.2) is 28.2 Å². The van der Waals surface area contributed by atoms with Crippen molar-refractivity contribution in [3.05, 3.63) is 35.5 Å². The number of nitrogens with two attached hydrogens (primary N) is 1. The van der Waals surface area contributed by atoms with Crippen molar-refractivity contribution in [1.29, 1.82) is 0 Å². The zero-order valence-corrected chi connectivity index (χ0v) is 19.8. The molecular formula is C24H31F2N7O2. The van der Waals surface area contributed by atoms with Crippen LogP contribution < -0.4 is 16.4 Å². The maximum atomic E-state index is 14.4. The molecule has 9 nitrogen and oxygen atoms in total. The zero-order chi connectivity index (χ0) is 24.9. The number of ether oxygens (including phenoxy) is 1. The Hall–Kier alpha value is -3.34. The number of imidazole rings is 1. The molecule has 1 saturated heterocycles. The molecule has 0 bridgehead atoms. The first-order valence-electron chi connectivity index (χ1n) is 11.9. The summed E-state index contributed by atoms with van der Waals surface area (Å²) in [6.07, 6.45) is 4.12. The number of rotatable bonds is 6. The predicted molar refractivity (Wildman–Crippen MR) is 131 cm³/mol. The number of anilines is 3. The molecule has 1 amide bonds. The van der Waals surface area contributed by atoms with Crippen molar-refractivity contribution in [2.24, 2.45) is 21.6 Å². The molecule has 1 aromatic heterocycles. The summed E-state index contributed by atoms with van der Waals surface area (Å²) in [7, 11) is 0. The molecule has 0 spiro atoms. The van der Waals surface area contributed by atoms with Gasteiger partial charge in [-0.05, 0) is 64.3 Å². The van der Waals surface area contributed by atoms with Gasteiger partial charge in [0.1, 0.15) is 23.1 Å². The summed E-state index contributed by atoms with van der Waals surface area (Å²) < 4.78 is 36.1. The molecule has 2 heterocycles. The first-order valence-corrected chi connectivity index (χ1v) is 11.9. The zero-order valence-electron chi connectivity index (χ0n) is 19.8. The van der Waals surface area contributed by atoms with E-state index >= 15 is 0 Å². The Morgan fingerprint density at radius 1 is 1.17 bits per heavy atom. The maximum absolute atomic E-state index is 14.4. The van der Waals surface area contributed by atoms with E-state index in [0.29, 0.717) is 56.4 Å². The number of aliphatic imine (C=N–C) groups is 2. The highest BCUT2D eigenvalue weighted by Gasteiger charge is 2.30. The minimum absolute atomic E-state index is 0.0598. The molecule has 1 aromatic carbocycles. The van der Waals surface area contributed by atoms with E-state index in [9.17, 15) is 13.6 Å². The number of guanidine groups is 1. The number of amides is 1. The number of carbonyl (C=O) groups excluding carboxylic acids is 1. The molecule has 2 fully saturated rings. The summed E-state index contributed by atoms with van der Waals surface area (Å²) in [5.74, 6) is -0.714. The van der Waals surface area contributed by atoms with Crippen LogP contribution in [0.2, 0.25) is 0 Å². The van der Waals surface area contributed by atoms with Crippen molar-refractivity contribution < 1.29 is 18.3 Å². The number of primary amides is 1. The number of aromatic nitrogens is 2. The highest BCUT2D eigenvalue weighted by Crippen LogP contribution is 2.38.